The number of rotatable bonds is 34. The summed E-state index contributed by atoms with van der Waals surface area (Å²) in [6, 6.07) is 0. The van der Waals surface area contributed by atoms with E-state index in [1.807, 2.05) is 0 Å². The molecule has 0 aromatic heterocycles. The first-order valence-corrected chi connectivity index (χ1v) is 24.7. The fraction of sp³-hybridized carbons (Fsp3) is 0.773. The molecular weight excluding hydrogens is 711 g/mol. The number of carbonyl (C=O) groups is 2. The van der Waals surface area contributed by atoms with Crippen molar-refractivity contribution in [3.63, 3.8) is 0 Å². The molecule has 0 atom stereocenters. The van der Waals surface area contributed by atoms with Crippen LogP contribution >= 0.6 is 0 Å². The van der Waals surface area contributed by atoms with Crippen LogP contribution in [0.3, 0.4) is 0 Å². The van der Waals surface area contributed by atoms with Gasteiger partial charge in [0, 0.05) is 11.9 Å². The van der Waals surface area contributed by atoms with Crippen LogP contribution < -0.4 is 10.2 Å². The van der Waals surface area contributed by atoms with E-state index in [2.05, 4.69) is 76.3 Å². The number of unbranched alkanes of at least 4 members (excludes halogenated alkanes) is 18. The zero-order valence-electron chi connectivity index (χ0n) is 33.0. The maximum atomic E-state index is 10.2. The molecule has 0 saturated carbocycles. The van der Waals surface area contributed by atoms with Crippen molar-refractivity contribution in [3.8, 4) is 0 Å². The van der Waals surface area contributed by atoms with E-state index in [9.17, 15) is 19.8 Å². The predicted molar refractivity (Wildman–Crippen MR) is 214 cm³/mol. The molecule has 0 saturated heterocycles. The Morgan fingerprint density at radius 2 is 0.673 bits per heavy atom. The first kappa shape index (κ1) is 52.1. The number of aliphatic carboxylic acids is 2. The Bertz CT molecular complexity index is 694. The molecule has 0 N–H and O–H groups in total. The van der Waals surface area contributed by atoms with Gasteiger partial charge in [-0.2, -0.15) is 0 Å². The second-order valence-corrected chi connectivity index (χ2v) is 17.4. The van der Waals surface area contributed by atoms with Crippen LogP contribution in [0.4, 0.5) is 0 Å². The molecule has 0 radical (unpaired) electrons. The summed E-state index contributed by atoms with van der Waals surface area (Å²) in [6.45, 7) is 9.05. The molecule has 0 heterocycles. The number of carboxylic acid groups (broad SMARTS) is 2. The Labute approximate surface area is 316 Å². The van der Waals surface area contributed by atoms with Crippen LogP contribution in [0.25, 0.3) is 0 Å². The van der Waals surface area contributed by atoms with E-state index < -0.39 is 11.9 Å². The van der Waals surface area contributed by atoms with Crippen molar-refractivity contribution >= 4 is 33.1 Å². The van der Waals surface area contributed by atoms with E-state index >= 15 is 0 Å². The third-order valence-corrected chi connectivity index (χ3v) is 12.1. The summed E-state index contributed by atoms with van der Waals surface area (Å²) in [5.41, 5.74) is 0. The van der Waals surface area contributed by atoms with Crippen molar-refractivity contribution in [2.24, 2.45) is 0 Å². The van der Waals surface area contributed by atoms with Crippen LogP contribution in [-0.4, -0.2) is 33.1 Å². The van der Waals surface area contributed by atoms with Crippen LogP contribution in [0.5, 0.6) is 0 Å². The SMILES string of the molecule is CCCCC/C=C\C/C=C\CCCCCCCC(=O)[O-].CCCCC/C=C\C/C=C\CCCCCCCC(=O)[O-].CCC[CH2][Sn+2][CH2]CCC. The van der Waals surface area contributed by atoms with Crippen LogP contribution in [0.2, 0.25) is 8.87 Å². The van der Waals surface area contributed by atoms with E-state index in [4.69, 9.17) is 0 Å². The minimum atomic E-state index is -0.921. The summed E-state index contributed by atoms with van der Waals surface area (Å²) in [6.07, 6.45) is 49.7. The second-order valence-electron chi connectivity index (χ2n) is 13.2. The number of carbonyl (C=O) groups excluding carboxylic acids is 2. The molecule has 49 heavy (non-hydrogen) atoms. The van der Waals surface area contributed by atoms with Gasteiger partial charge in [-0.3, -0.25) is 0 Å². The Morgan fingerprint density at radius 1 is 0.388 bits per heavy atom. The average molecular weight is 792 g/mol. The zero-order valence-corrected chi connectivity index (χ0v) is 35.8. The molecule has 0 aliphatic carbocycles. The molecular formula is C44H80O4Sn. The van der Waals surface area contributed by atoms with E-state index in [1.54, 1.807) is 8.87 Å². The van der Waals surface area contributed by atoms with Crippen molar-refractivity contribution < 1.29 is 19.8 Å². The van der Waals surface area contributed by atoms with Gasteiger partial charge in [-0.05, 0) is 89.9 Å². The third kappa shape index (κ3) is 62.3. The molecule has 0 spiro atoms. The standard InChI is InChI=1S/2C18H32O2.2C4H9.Sn/c2*1-2-3-4-5-6-7-8-9-10-11-12-13-14-15-16-17-18(19)20;2*1-3-4-2;/h2*6-7,9-10H,2-5,8,11-17H2,1H3,(H,19,20);2*1,3-4H2,2H3;/q;;;;+2/p-2/b2*7-6-,10-9-;;;. The molecule has 0 rings (SSSR count). The molecule has 0 unspecified atom stereocenters. The zero-order chi connectivity index (χ0) is 36.7. The third-order valence-electron chi connectivity index (χ3n) is 8.08. The van der Waals surface area contributed by atoms with E-state index in [-0.39, 0.29) is 34.0 Å². The molecule has 0 aromatic rings. The normalized spacial score (nSPS) is 11.2. The summed E-state index contributed by atoms with van der Waals surface area (Å²) in [7, 11) is 0. The maximum absolute atomic E-state index is 10.2. The van der Waals surface area contributed by atoms with Gasteiger partial charge in [0.2, 0.25) is 0 Å². The Balaban J connectivity index is -0.000000695. The minimum absolute atomic E-state index is 0.149. The summed E-state index contributed by atoms with van der Waals surface area (Å²) in [5, 5.41) is 20.4. The monoisotopic (exact) mass is 793 g/mol. The molecule has 0 aliphatic heterocycles. The Hall–Kier alpha value is -1.30. The second kappa shape index (κ2) is 51.1. The van der Waals surface area contributed by atoms with Crippen molar-refractivity contribution in [2.45, 2.75) is 216 Å². The fourth-order valence-electron chi connectivity index (χ4n) is 4.89. The Morgan fingerprint density at radius 3 is 0.980 bits per heavy atom. The Kier molecular flexibility index (Phi) is 54.3. The summed E-state index contributed by atoms with van der Waals surface area (Å²) < 4.78 is 3.25. The molecule has 0 aliphatic rings. The number of hydrogen-bond donors (Lipinski definition) is 0. The van der Waals surface area contributed by atoms with Crippen molar-refractivity contribution in [2.75, 3.05) is 0 Å². The van der Waals surface area contributed by atoms with Gasteiger partial charge >= 0.3 is 69.5 Å². The van der Waals surface area contributed by atoms with E-state index in [0.717, 1.165) is 64.2 Å². The van der Waals surface area contributed by atoms with Gasteiger partial charge in [0.1, 0.15) is 0 Å². The van der Waals surface area contributed by atoms with Gasteiger partial charge in [0.15, 0.2) is 0 Å². The van der Waals surface area contributed by atoms with Crippen molar-refractivity contribution in [1.82, 2.24) is 0 Å². The number of allylic oxidation sites excluding steroid dienone is 8. The molecule has 0 amide bonds. The molecule has 4 nitrogen and oxygen atoms in total. The quantitative estimate of drug-likeness (QED) is 0.0369. The van der Waals surface area contributed by atoms with Gasteiger partial charge < -0.3 is 19.8 Å². The van der Waals surface area contributed by atoms with Gasteiger partial charge in [0.25, 0.3) is 0 Å². The van der Waals surface area contributed by atoms with Gasteiger partial charge in [-0.25, -0.2) is 0 Å². The van der Waals surface area contributed by atoms with E-state index in [1.165, 1.54) is 103 Å². The first-order valence-electron chi connectivity index (χ1n) is 20.7. The molecule has 0 bridgehead atoms. The topological polar surface area (TPSA) is 80.3 Å². The summed E-state index contributed by atoms with van der Waals surface area (Å²) >= 11 is 0.149. The first-order chi connectivity index (χ1) is 24.0. The number of carboxylic acids is 2. The van der Waals surface area contributed by atoms with Crippen LogP contribution in [0.15, 0.2) is 48.6 Å². The van der Waals surface area contributed by atoms with Crippen LogP contribution in [0.1, 0.15) is 207 Å². The average Bonchev–Trinajstić information content (AvgIpc) is 3.08. The van der Waals surface area contributed by atoms with Crippen LogP contribution in [0, 0.1) is 0 Å². The van der Waals surface area contributed by atoms with Crippen LogP contribution in [-0.2, 0) is 9.59 Å². The molecule has 5 heteroatoms. The molecule has 0 fully saturated rings. The van der Waals surface area contributed by atoms with Gasteiger partial charge in [-0.15, -0.1) is 0 Å². The molecule has 284 valence electrons. The summed E-state index contributed by atoms with van der Waals surface area (Å²) in [5.74, 6) is -1.84. The van der Waals surface area contributed by atoms with Crippen molar-refractivity contribution in [3.05, 3.63) is 48.6 Å². The predicted octanol–water partition coefficient (Wildman–Crippen LogP) is 12.2. The number of hydrogen-bond acceptors (Lipinski definition) is 4. The molecule has 0 aromatic carbocycles. The van der Waals surface area contributed by atoms with Gasteiger partial charge in [0.05, 0.1) is 0 Å². The fourth-order valence-corrected chi connectivity index (χ4v) is 9.05. The van der Waals surface area contributed by atoms with Gasteiger partial charge in [-0.1, -0.05) is 127 Å². The summed E-state index contributed by atoms with van der Waals surface area (Å²) in [4.78, 5) is 20.4. The van der Waals surface area contributed by atoms with E-state index in [0.29, 0.717) is 0 Å². The van der Waals surface area contributed by atoms with Crippen molar-refractivity contribution in [1.29, 1.82) is 0 Å².